The number of benzene rings is 10. The topological polar surface area (TPSA) is 3.24 Å². The molecule has 2 aliphatic rings. The molecule has 0 saturated heterocycles. The second-order valence-corrected chi connectivity index (χ2v) is 17.2. The van der Waals surface area contributed by atoms with Crippen LogP contribution < -0.4 is 4.90 Å². The summed E-state index contributed by atoms with van der Waals surface area (Å²) >= 11 is 0. The smallest absolute Gasteiger partial charge is 0.123 e. The Morgan fingerprint density at radius 3 is 1.73 bits per heavy atom. The molecule has 10 aromatic carbocycles. The Labute approximate surface area is 387 Å². The number of nitrogens with zero attached hydrogens (tertiary/aromatic N) is 1. The lowest BCUT2D eigenvalue weighted by Crippen LogP contribution is -2.09. The van der Waals surface area contributed by atoms with E-state index in [1.54, 1.807) is 12.1 Å². The van der Waals surface area contributed by atoms with Gasteiger partial charge in [0.05, 0.1) is 2.74 Å². The van der Waals surface area contributed by atoms with Crippen molar-refractivity contribution in [2.75, 3.05) is 4.90 Å². The fourth-order valence-electron chi connectivity index (χ4n) is 10.1. The van der Waals surface area contributed by atoms with Gasteiger partial charge in [-0.15, -0.1) is 0 Å². The average molecular weight is 848 g/mol. The van der Waals surface area contributed by atoms with E-state index < -0.39 is 0 Å². The van der Waals surface area contributed by atoms with Gasteiger partial charge in [0, 0.05) is 23.0 Å². The van der Waals surface area contributed by atoms with Crippen LogP contribution in [0, 0.1) is 11.7 Å². The number of halogens is 1. The first-order valence-electron chi connectivity index (χ1n) is 23.6. The van der Waals surface area contributed by atoms with Gasteiger partial charge in [-0.1, -0.05) is 188 Å². The molecule has 1 atom stereocenters. The maximum absolute atomic E-state index is 13.9. The quantitative estimate of drug-likeness (QED) is 0.109. The number of hydrogen-bond acceptors (Lipinski definition) is 1. The third-order valence-corrected chi connectivity index (χ3v) is 13.3. The molecule has 0 spiro atoms. The molecule has 312 valence electrons. The standard InChI is InChI=1S/C64H44FN/c65-51-32-36-54(37-33-51)66(52-14-2-1-3-15-52)53-34-25-43(26-35-53)22-23-44-24-27-48-42-50(31-29-47(48)40-44)63-58-18-8-10-20-60(58)64(61-21-11-9-19-59(61)63)62-39-38-55(56-16-6-7-17-57(56)62)49-30-28-45-12-4-5-13-46(45)41-49/h1-40,42,46H,41H2/b23-22+/i22D,23D. The van der Waals surface area contributed by atoms with Crippen LogP contribution in [0.4, 0.5) is 21.5 Å². The summed E-state index contributed by atoms with van der Waals surface area (Å²) in [5.41, 5.74) is 12.8. The number of allylic oxidation sites excluding steroid dienone is 8. The highest BCUT2D eigenvalue weighted by Gasteiger charge is 2.22. The second-order valence-electron chi connectivity index (χ2n) is 17.2. The average Bonchev–Trinajstić information content (AvgIpc) is 3.40. The zero-order valence-electron chi connectivity index (χ0n) is 38.1. The molecule has 10 aromatic rings. The molecular weight excluding hydrogens is 802 g/mol. The molecule has 2 heteroatoms. The van der Waals surface area contributed by atoms with Crippen molar-refractivity contribution in [1.29, 1.82) is 0 Å². The van der Waals surface area contributed by atoms with Gasteiger partial charge >= 0.3 is 0 Å². The van der Waals surface area contributed by atoms with Gasteiger partial charge in [0.15, 0.2) is 0 Å². The first-order chi connectivity index (χ1) is 33.5. The molecule has 0 heterocycles. The van der Waals surface area contributed by atoms with E-state index in [1.165, 1.54) is 77.9 Å². The molecule has 1 nitrogen and oxygen atoms in total. The van der Waals surface area contributed by atoms with E-state index in [0.29, 0.717) is 17.0 Å². The van der Waals surface area contributed by atoms with Crippen LogP contribution in [0.3, 0.4) is 0 Å². The van der Waals surface area contributed by atoms with Crippen molar-refractivity contribution >= 4 is 77.8 Å². The van der Waals surface area contributed by atoms with Crippen molar-refractivity contribution in [3.8, 4) is 22.3 Å². The van der Waals surface area contributed by atoms with Gasteiger partial charge in [-0.25, -0.2) is 4.39 Å². The SMILES string of the molecule is [2H]/C(=C(/[2H])c1ccc2cc(-c3c4ccccc4c(-c4ccc(C5=CC=C6C=CC=CC6C5)c5ccccc45)c4ccccc34)ccc2c1)c1ccc(N(c2ccccc2)c2ccc(F)cc2)cc1. The lowest BCUT2D eigenvalue weighted by molar-refractivity contribution is 0.628. The number of fused-ring (bicyclic) bond motifs is 5. The van der Waals surface area contributed by atoms with Crippen molar-refractivity contribution in [2.45, 2.75) is 6.42 Å². The highest BCUT2D eigenvalue weighted by molar-refractivity contribution is 6.24. The van der Waals surface area contributed by atoms with Crippen LogP contribution in [0.25, 0.3) is 83.0 Å². The van der Waals surface area contributed by atoms with Crippen molar-refractivity contribution < 1.29 is 7.13 Å². The minimum Gasteiger partial charge on any atom is -0.311 e. The number of rotatable bonds is 8. The Morgan fingerprint density at radius 2 is 1.02 bits per heavy atom. The Morgan fingerprint density at radius 1 is 0.470 bits per heavy atom. The maximum atomic E-state index is 13.9. The van der Waals surface area contributed by atoms with Gasteiger partial charge in [0.2, 0.25) is 0 Å². The summed E-state index contributed by atoms with van der Waals surface area (Å²) in [6.45, 7) is 0. The van der Waals surface area contributed by atoms with Crippen LogP contribution in [0.1, 0.15) is 25.9 Å². The Kier molecular flexibility index (Phi) is 9.36. The van der Waals surface area contributed by atoms with Gasteiger partial charge in [-0.3, -0.25) is 0 Å². The zero-order chi connectivity index (χ0) is 45.7. The van der Waals surface area contributed by atoms with E-state index in [9.17, 15) is 5.76 Å². The normalized spacial score (nSPS) is 15.3. The van der Waals surface area contributed by atoms with Crippen LogP contribution in [-0.4, -0.2) is 0 Å². The highest BCUT2D eigenvalue weighted by atomic mass is 19.1. The molecule has 12 rings (SSSR count). The number of hydrogen-bond donors (Lipinski definition) is 0. The maximum Gasteiger partial charge on any atom is 0.123 e. The van der Waals surface area contributed by atoms with Gasteiger partial charge in [0.1, 0.15) is 5.82 Å². The molecule has 0 aliphatic heterocycles. The Bertz CT molecular complexity index is 3730. The predicted molar refractivity (Wildman–Crippen MR) is 280 cm³/mol. The summed E-state index contributed by atoms with van der Waals surface area (Å²) in [6.07, 6.45) is 14.4. The first kappa shape index (κ1) is 37.1. The van der Waals surface area contributed by atoms with E-state index in [4.69, 9.17) is 1.37 Å². The van der Waals surface area contributed by atoms with E-state index in [0.717, 1.165) is 39.8 Å². The zero-order valence-corrected chi connectivity index (χ0v) is 36.1. The predicted octanol–water partition coefficient (Wildman–Crippen LogP) is 17.9. The molecule has 0 bridgehead atoms. The second kappa shape index (κ2) is 16.7. The van der Waals surface area contributed by atoms with E-state index >= 15 is 0 Å². The summed E-state index contributed by atoms with van der Waals surface area (Å²) in [5.74, 6) is 0.112. The Balaban J connectivity index is 0.904. The molecule has 2 aliphatic carbocycles. The van der Waals surface area contributed by atoms with E-state index in [2.05, 4.69) is 146 Å². The number of anilines is 3. The molecule has 0 N–H and O–H groups in total. The van der Waals surface area contributed by atoms with Crippen molar-refractivity contribution in [2.24, 2.45) is 5.92 Å². The largest absolute Gasteiger partial charge is 0.311 e. The van der Waals surface area contributed by atoms with Crippen molar-refractivity contribution in [1.82, 2.24) is 0 Å². The minimum atomic E-state index is -0.294. The summed E-state index contributed by atoms with van der Waals surface area (Å²) in [7, 11) is 0. The van der Waals surface area contributed by atoms with Crippen LogP contribution in [0.15, 0.2) is 242 Å². The molecule has 0 radical (unpaired) electrons. The molecule has 0 saturated carbocycles. The fraction of sp³-hybridized carbons (Fsp3) is 0.0312. The lowest BCUT2D eigenvalue weighted by Gasteiger charge is -2.25. The minimum absolute atomic E-state index is 0.136. The lowest BCUT2D eigenvalue weighted by atomic mass is 9.80. The van der Waals surface area contributed by atoms with Crippen LogP contribution in [0.5, 0.6) is 0 Å². The molecular formula is C64H44FN. The highest BCUT2D eigenvalue weighted by Crippen LogP contribution is 2.47. The van der Waals surface area contributed by atoms with Gasteiger partial charge < -0.3 is 4.90 Å². The monoisotopic (exact) mass is 847 g/mol. The van der Waals surface area contributed by atoms with Crippen LogP contribution in [-0.2, 0) is 0 Å². The third kappa shape index (κ3) is 7.14. The van der Waals surface area contributed by atoms with E-state index in [-0.39, 0.29) is 17.9 Å². The summed E-state index contributed by atoms with van der Waals surface area (Å²) in [4.78, 5) is 2.05. The van der Waals surface area contributed by atoms with Crippen molar-refractivity contribution in [3.05, 3.63) is 265 Å². The van der Waals surface area contributed by atoms with E-state index in [1.807, 2.05) is 71.6 Å². The van der Waals surface area contributed by atoms with Gasteiger partial charge in [-0.2, -0.15) is 0 Å². The fourth-order valence-corrected chi connectivity index (χ4v) is 10.1. The molecule has 1 unspecified atom stereocenters. The van der Waals surface area contributed by atoms with Crippen LogP contribution in [0.2, 0.25) is 0 Å². The van der Waals surface area contributed by atoms with Gasteiger partial charge in [-0.05, 0) is 160 Å². The van der Waals surface area contributed by atoms with Gasteiger partial charge in [0.25, 0.3) is 0 Å². The molecule has 0 aromatic heterocycles. The summed E-state index contributed by atoms with van der Waals surface area (Å²) in [5, 5.41) is 9.39. The van der Waals surface area contributed by atoms with Crippen LogP contribution >= 0.6 is 0 Å². The molecule has 0 fully saturated rings. The Hall–Kier alpha value is -8.33. The number of para-hydroxylation sites is 1. The summed E-state index contributed by atoms with van der Waals surface area (Å²) < 4.78 is 32.2. The van der Waals surface area contributed by atoms with Crippen molar-refractivity contribution in [3.63, 3.8) is 0 Å². The molecule has 66 heavy (non-hydrogen) atoms. The third-order valence-electron chi connectivity index (χ3n) is 13.3. The first-order valence-corrected chi connectivity index (χ1v) is 22.6. The molecule has 0 amide bonds. The summed E-state index contributed by atoms with van der Waals surface area (Å²) in [6, 6.07) is 68.2.